The average Bonchev–Trinajstić information content (AvgIpc) is 3.06. The van der Waals surface area contributed by atoms with Crippen molar-refractivity contribution in [2.45, 2.75) is 43.9 Å². The quantitative estimate of drug-likeness (QED) is 0.898. The van der Waals surface area contributed by atoms with Crippen LogP contribution in [0.15, 0.2) is 24.4 Å². The maximum atomic E-state index is 5.96. The Morgan fingerprint density at radius 3 is 2.75 bits per heavy atom. The van der Waals surface area contributed by atoms with E-state index in [-0.39, 0.29) is 5.41 Å². The SMILES string of the molecule is NCC1(c2ncc(-c3ccc4c(c3)CCC4)[nH]2)CCC1. The minimum absolute atomic E-state index is 0.120. The Labute approximate surface area is 119 Å². The normalized spacial score (nSPS) is 19.6. The minimum atomic E-state index is 0.120. The molecule has 0 saturated heterocycles. The molecule has 20 heavy (non-hydrogen) atoms. The molecule has 0 bridgehead atoms. The first-order valence-electron chi connectivity index (χ1n) is 7.68. The fourth-order valence-corrected chi connectivity index (χ4v) is 3.62. The first-order chi connectivity index (χ1) is 9.81. The van der Waals surface area contributed by atoms with Crippen LogP contribution in [-0.2, 0) is 18.3 Å². The van der Waals surface area contributed by atoms with Crippen LogP contribution in [0.3, 0.4) is 0 Å². The van der Waals surface area contributed by atoms with Crippen LogP contribution >= 0.6 is 0 Å². The lowest BCUT2D eigenvalue weighted by Gasteiger charge is -2.39. The third-order valence-corrected chi connectivity index (χ3v) is 5.19. The Morgan fingerprint density at radius 2 is 2.00 bits per heavy atom. The highest BCUT2D eigenvalue weighted by Gasteiger charge is 2.39. The first-order valence-corrected chi connectivity index (χ1v) is 7.68. The van der Waals surface area contributed by atoms with E-state index in [9.17, 15) is 0 Å². The lowest BCUT2D eigenvalue weighted by molar-refractivity contribution is 0.240. The summed E-state index contributed by atoms with van der Waals surface area (Å²) < 4.78 is 0. The van der Waals surface area contributed by atoms with Crippen molar-refractivity contribution in [1.82, 2.24) is 9.97 Å². The molecule has 3 heteroatoms. The zero-order valence-corrected chi connectivity index (χ0v) is 11.8. The van der Waals surface area contributed by atoms with Crippen molar-refractivity contribution in [2.75, 3.05) is 6.54 Å². The smallest absolute Gasteiger partial charge is 0.114 e. The molecule has 0 amide bonds. The number of nitrogens with zero attached hydrogens (tertiary/aromatic N) is 1. The standard InChI is InChI=1S/C17H21N3/c18-11-17(7-2-8-17)16-19-10-15(20-16)14-6-5-12-3-1-4-13(12)9-14/h5-6,9-10H,1-4,7-8,11,18H2,(H,19,20). The highest BCUT2D eigenvalue weighted by molar-refractivity contribution is 5.61. The van der Waals surface area contributed by atoms with Crippen LogP contribution in [0.25, 0.3) is 11.3 Å². The van der Waals surface area contributed by atoms with Gasteiger partial charge in [0.05, 0.1) is 11.9 Å². The number of fused-ring (bicyclic) bond motifs is 1. The maximum Gasteiger partial charge on any atom is 0.114 e. The Kier molecular flexibility index (Phi) is 2.71. The van der Waals surface area contributed by atoms with E-state index in [4.69, 9.17) is 5.73 Å². The molecule has 0 atom stereocenters. The molecule has 104 valence electrons. The summed E-state index contributed by atoms with van der Waals surface area (Å²) in [5.74, 6) is 1.08. The monoisotopic (exact) mass is 267 g/mol. The molecule has 2 aliphatic rings. The van der Waals surface area contributed by atoms with Crippen LogP contribution < -0.4 is 5.73 Å². The van der Waals surface area contributed by atoms with Crippen LogP contribution in [0.2, 0.25) is 0 Å². The number of imidazole rings is 1. The second-order valence-corrected chi connectivity index (χ2v) is 6.32. The number of nitrogens with two attached hydrogens (primary N) is 1. The number of aromatic nitrogens is 2. The molecule has 1 saturated carbocycles. The largest absolute Gasteiger partial charge is 0.342 e. The van der Waals surface area contributed by atoms with Crippen LogP contribution in [0.5, 0.6) is 0 Å². The van der Waals surface area contributed by atoms with Gasteiger partial charge in [-0.05, 0) is 54.9 Å². The summed E-state index contributed by atoms with van der Waals surface area (Å²) in [4.78, 5) is 8.14. The molecule has 0 aliphatic heterocycles. The molecule has 1 aromatic carbocycles. The second-order valence-electron chi connectivity index (χ2n) is 6.32. The molecule has 1 heterocycles. The molecule has 2 aliphatic carbocycles. The van der Waals surface area contributed by atoms with Gasteiger partial charge >= 0.3 is 0 Å². The van der Waals surface area contributed by atoms with Gasteiger partial charge in [0.15, 0.2) is 0 Å². The summed E-state index contributed by atoms with van der Waals surface area (Å²) in [6.07, 6.45) is 9.33. The molecule has 3 N–H and O–H groups in total. The third-order valence-electron chi connectivity index (χ3n) is 5.19. The summed E-state index contributed by atoms with van der Waals surface area (Å²) in [5.41, 5.74) is 11.5. The van der Waals surface area contributed by atoms with E-state index < -0.39 is 0 Å². The van der Waals surface area contributed by atoms with E-state index in [1.165, 1.54) is 55.2 Å². The van der Waals surface area contributed by atoms with Gasteiger partial charge in [-0.2, -0.15) is 0 Å². The molecule has 4 rings (SSSR count). The highest BCUT2D eigenvalue weighted by atomic mass is 15.0. The number of aromatic amines is 1. The Morgan fingerprint density at radius 1 is 1.15 bits per heavy atom. The lowest BCUT2D eigenvalue weighted by atomic mass is 9.68. The fourth-order valence-electron chi connectivity index (χ4n) is 3.62. The number of hydrogen-bond donors (Lipinski definition) is 2. The van der Waals surface area contributed by atoms with Crippen molar-refractivity contribution in [2.24, 2.45) is 5.73 Å². The van der Waals surface area contributed by atoms with E-state index in [1.807, 2.05) is 6.20 Å². The molecule has 1 aromatic heterocycles. The van der Waals surface area contributed by atoms with Gasteiger partial charge < -0.3 is 10.7 Å². The zero-order valence-electron chi connectivity index (χ0n) is 11.8. The summed E-state index contributed by atoms with van der Waals surface area (Å²) in [7, 11) is 0. The predicted molar refractivity (Wildman–Crippen MR) is 80.6 cm³/mol. The Balaban J connectivity index is 1.68. The van der Waals surface area contributed by atoms with Crippen LogP contribution in [0, 0.1) is 0 Å². The van der Waals surface area contributed by atoms with Gasteiger partial charge in [0.1, 0.15) is 5.82 Å². The van der Waals surface area contributed by atoms with E-state index in [0.717, 1.165) is 11.5 Å². The van der Waals surface area contributed by atoms with Gasteiger partial charge in [-0.1, -0.05) is 18.6 Å². The molecule has 1 fully saturated rings. The van der Waals surface area contributed by atoms with E-state index in [0.29, 0.717) is 6.54 Å². The van der Waals surface area contributed by atoms with E-state index >= 15 is 0 Å². The van der Waals surface area contributed by atoms with Crippen LogP contribution in [0.4, 0.5) is 0 Å². The zero-order chi connectivity index (χ0) is 13.6. The van der Waals surface area contributed by atoms with Crippen molar-refractivity contribution in [3.8, 4) is 11.3 Å². The third kappa shape index (κ3) is 1.73. The van der Waals surface area contributed by atoms with Crippen molar-refractivity contribution >= 4 is 0 Å². The van der Waals surface area contributed by atoms with Crippen molar-refractivity contribution in [1.29, 1.82) is 0 Å². The van der Waals surface area contributed by atoms with Crippen molar-refractivity contribution in [3.63, 3.8) is 0 Å². The minimum Gasteiger partial charge on any atom is -0.342 e. The molecular formula is C17H21N3. The fraction of sp³-hybridized carbons (Fsp3) is 0.471. The molecule has 2 aromatic rings. The number of aryl methyl sites for hydroxylation is 2. The highest BCUT2D eigenvalue weighted by Crippen LogP contribution is 2.42. The van der Waals surface area contributed by atoms with Gasteiger partial charge in [-0.25, -0.2) is 4.98 Å². The van der Waals surface area contributed by atoms with Gasteiger partial charge in [0.2, 0.25) is 0 Å². The average molecular weight is 267 g/mol. The van der Waals surface area contributed by atoms with Gasteiger partial charge in [0, 0.05) is 12.0 Å². The second kappa shape index (κ2) is 4.45. The van der Waals surface area contributed by atoms with Crippen molar-refractivity contribution < 1.29 is 0 Å². The molecule has 3 nitrogen and oxygen atoms in total. The maximum absolute atomic E-state index is 5.96. The number of H-pyrrole nitrogens is 1. The van der Waals surface area contributed by atoms with Gasteiger partial charge in [-0.3, -0.25) is 0 Å². The summed E-state index contributed by atoms with van der Waals surface area (Å²) in [6.45, 7) is 0.699. The van der Waals surface area contributed by atoms with Crippen LogP contribution in [0.1, 0.15) is 42.6 Å². The summed E-state index contributed by atoms with van der Waals surface area (Å²) >= 11 is 0. The number of hydrogen-bond acceptors (Lipinski definition) is 2. The Hall–Kier alpha value is -1.61. The number of rotatable bonds is 3. The van der Waals surface area contributed by atoms with E-state index in [1.54, 1.807) is 0 Å². The summed E-state index contributed by atoms with van der Waals surface area (Å²) in [6, 6.07) is 6.83. The topological polar surface area (TPSA) is 54.7 Å². The van der Waals surface area contributed by atoms with Gasteiger partial charge in [0.25, 0.3) is 0 Å². The van der Waals surface area contributed by atoms with E-state index in [2.05, 4.69) is 28.2 Å². The van der Waals surface area contributed by atoms with Crippen molar-refractivity contribution in [3.05, 3.63) is 41.3 Å². The number of benzene rings is 1. The molecule has 0 unspecified atom stereocenters. The lowest BCUT2D eigenvalue weighted by Crippen LogP contribution is -2.42. The first kappa shape index (κ1) is 12.2. The van der Waals surface area contributed by atoms with Crippen LogP contribution in [-0.4, -0.2) is 16.5 Å². The Bertz CT molecular complexity index is 632. The molecular weight excluding hydrogens is 246 g/mol. The van der Waals surface area contributed by atoms with Gasteiger partial charge in [-0.15, -0.1) is 0 Å². The summed E-state index contributed by atoms with van der Waals surface area (Å²) in [5, 5.41) is 0. The predicted octanol–water partition coefficient (Wildman–Crippen LogP) is 2.95. The molecule has 0 spiro atoms. The molecule has 0 radical (unpaired) electrons. The number of nitrogens with one attached hydrogen (secondary N) is 1.